The molecule has 0 aliphatic heterocycles. The van der Waals surface area contributed by atoms with Gasteiger partial charge in [0.25, 0.3) is 5.91 Å². The van der Waals surface area contributed by atoms with Gasteiger partial charge in [-0.3, -0.25) is 9.78 Å². The average Bonchev–Trinajstić information content (AvgIpc) is 3.12. The Labute approximate surface area is 146 Å². The molecule has 124 valence electrons. The minimum atomic E-state index is -0.170. The van der Waals surface area contributed by atoms with Gasteiger partial charge in [-0.05, 0) is 24.3 Å². The van der Waals surface area contributed by atoms with Gasteiger partial charge in [0, 0.05) is 37.7 Å². The zero-order chi connectivity index (χ0) is 17.6. The molecule has 0 N–H and O–H groups in total. The normalized spacial score (nSPS) is 10.2. The first kappa shape index (κ1) is 16.4. The predicted octanol–water partition coefficient (Wildman–Crippen LogP) is 2.92. The molecule has 0 aliphatic carbocycles. The van der Waals surface area contributed by atoms with Gasteiger partial charge in [-0.2, -0.15) is 10.4 Å². The number of aromatic nitrogens is 3. The monoisotopic (exact) mass is 331 g/mol. The van der Waals surface area contributed by atoms with Crippen LogP contribution in [-0.4, -0.2) is 39.2 Å². The maximum absolute atomic E-state index is 12.8. The summed E-state index contributed by atoms with van der Waals surface area (Å²) in [5.41, 5.74) is 2.70. The molecule has 3 aromatic rings. The molecule has 2 aromatic heterocycles. The van der Waals surface area contributed by atoms with Crippen molar-refractivity contribution >= 4 is 5.91 Å². The lowest BCUT2D eigenvalue weighted by Crippen LogP contribution is -2.27. The average molecular weight is 331 g/mol. The van der Waals surface area contributed by atoms with Crippen LogP contribution in [0.2, 0.25) is 0 Å². The van der Waals surface area contributed by atoms with Crippen molar-refractivity contribution in [2.75, 3.05) is 13.6 Å². The number of hydrogen-bond acceptors (Lipinski definition) is 4. The van der Waals surface area contributed by atoms with Crippen LogP contribution in [-0.2, 0) is 0 Å². The summed E-state index contributed by atoms with van der Waals surface area (Å²) in [4.78, 5) is 18.5. The zero-order valence-corrected chi connectivity index (χ0v) is 13.8. The van der Waals surface area contributed by atoms with E-state index in [1.54, 1.807) is 30.3 Å². The van der Waals surface area contributed by atoms with Crippen LogP contribution in [0.25, 0.3) is 16.9 Å². The molecule has 3 rings (SSSR count). The van der Waals surface area contributed by atoms with E-state index in [0.29, 0.717) is 17.8 Å². The third-order valence-electron chi connectivity index (χ3n) is 3.81. The van der Waals surface area contributed by atoms with Gasteiger partial charge in [0.15, 0.2) is 0 Å². The van der Waals surface area contributed by atoms with Crippen molar-refractivity contribution in [1.29, 1.82) is 5.26 Å². The number of carbonyl (C=O) groups is 1. The van der Waals surface area contributed by atoms with Crippen LogP contribution in [0.15, 0.2) is 61.1 Å². The molecule has 6 heteroatoms. The van der Waals surface area contributed by atoms with E-state index in [9.17, 15) is 4.79 Å². The Kier molecular flexibility index (Phi) is 4.86. The summed E-state index contributed by atoms with van der Waals surface area (Å²) in [6.07, 6.45) is 5.38. The van der Waals surface area contributed by atoms with Crippen LogP contribution >= 0.6 is 0 Å². The second-order valence-electron chi connectivity index (χ2n) is 5.55. The number of carbonyl (C=O) groups excluding carboxylic acids is 1. The Morgan fingerprint density at radius 3 is 2.72 bits per heavy atom. The molecular weight excluding hydrogens is 314 g/mol. The van der Waals surface area contributed by atoms with E-state index in [-0.39, 0.29) is 12.3 Å². The highest BCUT2D eigenvalue weighted by Crippen LogP contribution is 2.24. The van der Waals surface area contributed by atoms with Gasteiger partial charge in [0.2, 0.25) is 0 Å². The fraction of sp³-hybridized carbons (Fsp3) is 0.158. The van der Waals surface area contributed by atoms with Crippen molar-refractivity contribution in [3.63, 3.8) is 0 Å². The predicted molar refractivity (Wildman–Crippen MR) is 94.0 cm³/mol. The summed E-state index contributed by atoms with van der Waals surface area (Å²) in [5.74, 6) is -0.170. The Morgan fingerprint density at radius 2 is 2.04 bits per heavy atom. The van der Waals surface area contributed by atoms with Crippen molar-refractivity contribution in [3.05, 3.63) is 66.6 Å². The summed E-state index contributed by atoms with van der Waals surface area (Å²) in [5, 5.41) is 13.3. The summed E-state index contributed by atoms with van der Waals surface area (Å²) in [6.45, 7) is 0.373. The van der Waals surface area contributed by atoms with Crippen molar-refractivity contribution in [2.24, 2.45) is 0 Å². The van der Waals surface area contributed by atoms with Gasteiger partial charge in [0.05, 0.1) is 23.7 Å². The molecule has 0 unspecified atom stereocenters. The number of hydrogen-bond donors (Lipinski definition) is 0. The van der Waals surface area contributed by atoms with E-state index >= 15 is 0 Å². The smallest absolute Gasteiger partial charge is 0.257 e. The summed E-state index contributed by atoms with van der Waals surface area (Å²) in [7, 11) is 1.69. The Morgan fingerprint density at radius 1 is 1.24 bits per heavy atom. The van der Waals surface area contributed by atoms with Gasteiger partial charge in [-0.1, -0.05) is 18.2 Å². The maximum Gasteiger partial charge on any atom is 0.257 e. The van der Waals surface area contributed by atoms with E-state index in [1.807, 2.05) is 42.5 Å². The number of pyridine rings is 1. The molecule has 0 saturated heterocycles. The second kappa shape index (κ2) is 7.41. The number of rotatable bonds is 5. The first-order valence-corrected chi connectivity index (χ1v) is 7.88. The molecule has 1 amide bonds. The summed E-state index contributed by atoms with van der Waals surface area (Å²) >= 11 is 0. The van der Waals surface area contributed by atoms with Crippen LogP contribution in [0.5, 0.6) is 0 Å². The molecular formula is C19H17N5O. The molecule has 0 bridgehead atoms. The molecule has 6 nitrogen and oxygen atoms in total. The van der Waals surface area contributed by atoms with E-state index in [0.717, 1.165) is 11.3 Å². The highest BCUT2D eigenvalue weighted by atomic mass is 16.2. The first-order valence-electron chi connectivity index (χ1n) is 7.88. The van der Waals surface area contributed by atoms with Gasteiger partial charge in [-0.25, -0.2) is 4.68 Å². The lowest BCUT2D eigenvalue weighted by Gasteiger charge is -2.15. The van der Waals surface area contributed by atoms with Crippen LogP contribution in [0.1, 0.15) is 16.8 Å². The summed E-state index contributed by atoms with van der Waals surface area (Å²) in [6, 6.07) is 15.4. The molecule has 1 aromatic carbocycles. The van der Waals surface area contributed by atoms with Crippen LogP contribution in [0.3, 0.4) is 0 Å². The molecule has 0 spiro atoms. The fourth-order valence-electron chi connectivity index (χ4n) is 2.48. The Balaban J connectivity index is 2.05. The quantitative estimate of drug-likeness (QED) is 0.720. The van der Waals surface area contributed by atoms with Crippen LogP contribution in [0.4, 0.5) is 0 Å². The Hall–Kier alpha value is -3.46. The molecule has 2 heterocycles. The van der Waals surface area contributed by atoms with Gasteiger partial charge in [0.1, 0.15) is 5.69 Å². The van der Waals surface area contributed by atoms with Crippen LogP contribution < -0.4 is 0 Å². The van der Waals surface area contributed by atoms with Crippen molar-refractivity contribution < 1.29 is 4.79 Å². The SMILES string of the molecule is CN(CCC#N)C(=O)c1cn(-c2ccccc2)nc1-c1cccnc1. The lowest BCUT2D eigenvalue weighted by atomic mass is 10.1. The molecule has 0 aliphatic rings. The van der Waals surface area contributed by atoms with E-state index in [1.165, 1.54) is 4.90 Å². The standard InChI is InChI=1S/C19H17N5O/c1-23(12-6-10-20)19(25)17-14-24(16-8-3-2-4-9-16)22-18(17)15-7-5-11-21-13-15/h2-5,7-9,11,13-14H,6,12H2,1H3. The minimum Gasteiger partial charge on any atom is -0.341 e. The van der Waals surface area contributed by atoms with E-state index in [2.05, 4.69) is 16.2 Å². The van der Waals surface area contributed by atoms with Crippen molar-refractivity contribution in [3.8, 4) is 23.0 Å². The number of nitriles is 1. The number of nitrogens with zero attached hydrogens (tertiary/aromatic N) is 5. The van der Waals surface area contributed by atoms with E-state index < -0.39 is 0 Å². The molecule has 0 atom stereocenters. The molecule has 0 radical (unpaired) electrons. The first-order chi connectivity index (χ1) is 12.2. The highest BCUT2D eigenvalue weighted by Gasteiger charge is 2.21. The maximum atomic E-state index is 12.8. The van der Waals surface area contributed by atoms with Gasteiger partial charge in [-0.15, -0.1) is 0 Å². The largest absolute Gasteiger partial charge is 0.341 e. The molecule has 0 saturated carbocycles. The van der Waals surface area contributed by atoms with Crippen molar-refractivity contribution in [2.45, 2.75) is 6.42 Å². The zero-order valence-electron chi connectivity index (χ0n) is 13.8. The third-order valence-corrected chi connectivity index (χ3v) is 3.81. The van der Waals surface area contributed by atoms with Crippen LogP contribution in [0, 0.1) is 11.3 Å². The van der Waals surface area contributed by atoms with Gasteiger partial charge >= 0.3 is 0 Å². The fourth-order valence-corrected chi connectivity index (χ4v) is 2.48. The summed E-state index contributed by atoms with van der Waals surface area (Å²) < 4.78 is 1.69. The minimum absolute atomic E-state index is 0.170. The number of amides is 1. The van der Waals surface area contributed by atoms with Gasteiger partial charge < -0.3 is 4.90 Å². The van der Waals surface area contributed by atoms with E-state index in [4.69, 9.17) is 5.26 Å². The number of benzene rings is 1. The Bertz CT molecular complexity index is 897. The lowest BCUT2D eigenvalue weighted by molar-refractivity contribution is 0.0798. The molecule has 0 fully saturated rings. The second-order valence-corrected chi connectivity index (χ2v) is 5.55. The topological polar surface area (TPSA) is 74.8 Å². The highest BCUT2D eigenvalue weighted by molar-refractivity contribution is 5.99. The number of para-hydroxylation sites is 1. The van der Waals surface area contributed by atoms with Crippen molar-refractivity contribution in [1.82, 2.24) is 19.7 Å². The third kappa shape index (κ3) is 3.56. The molecule has 25 heavy (non-hydrogen) atoms.